The topological polar surface area (TPSA) is 74.3 Å². The van der Waals surface area contributed by atoms with Crippen molar-refractivity contribution in [2.24, 2.45) is 0 Å². The molecule has 6 heteroatoms. The van der Waals surface area contributed by atoms with Gasteiger partial charge in [0.1, 0.15) is 5.82 Å². The van der Waals surface area contributed by atoms with Crippen LogP contribution in [0.15, 0.2) is 42.6 Å². The Kier molecular flexibility index (Phi) is 5.97. The maximum Gasteiger partial charge on any atom is 0.251 e. The minimum absolute atomic E-state index is 0.0339. The molecule has 0 aliphatic carbocycles. The van der Waals surface area contributed by atoms with Crippen LogP contribution in [0.4, 0.5) is 11.5 Å². The van der Waals surface area contributed by atoms with Crippen LogP contribution >= 0.6 is 0 Å². The van der Waals surface area contributed by atoms with Gasteiger partial charge < -0.3 is 15.5 Å². The second kappa shape index (κ2) is 8.42. The Morgan fingerprint density at radius 3 is 2.29 bits per heavy atom. The highest BCUT2D eigenvalue weighted by Crippen LogP contribution is 2.22. The van der Waals surface area contributed by atoms with Crippen molar-refractivity contribution in [1.29, 1.82) is 0 Å². The monoisotopic (exact) mass is 380 g/mol. The average Bonchev–Trinajstić information content (AvgIpc) is 3.21. The smallest absolute Gasteiger partial charge is 0.251 e. The van der Waals surface area contributed by atoms with Crippen LogP contribution < -0.4 is 15.5 Å². The molecular weight excluding hydrogens is 352 g/mol. The molecule has 2 aromatic rings. The summed E-state index contributed by atoms with van der Waals surface area (Å²) in [6.07, 6.45) is 4.19. The molecule has 0 spiro atoms. The van der Waals surface area contributed by atoms with Crippen molar-refractivity contribution >= 4 is 23.3 Å². The summed E-state index contributed by atoms with van der Waals surface area (Å²) >= 11 is 0. The van der Waals surface area contributed by atoms with Crippen molar-refractivity contribution in [3.63, 3.8) is 0 Å². The lowest BCUT2D eigenvalue weighted by molar-refractivity contribution is -0.115. The molecule has 1 aliphatic rings. The van der Waals surface area contributed by atoms with Crippen molar-refractivity contribution in [1.82, 2.24) is 10.3 Å². The van der Waals surface area contributed by atoms with Crippen LogP contribution in [-0.2, 0) is 10.2 Å². The van der Waals surface area contributed by atoms with E-state index in [-0.39, 0.29) is 23.8 Å². The predicted octanol–water partition coefficient (Wildman–Crippen LogP) is 3.35. The molecule has 2 N–H and O–H groups in total. The molecule has 1 saturated heterocycles. The molecule has 1 aromatic heterocycles. The molecule has 6 nitrogen and oxygen atoms in total. The number of rotatable bonds is 5. The molecule has 1 aliphatic heterocycles. The van der Waals surface area contributed by atoms with E-state index in [0.29, 0.717) is 11.4 Å². The molecule has 3 rings (SSSR count). The molecular formula is C22H28N4O2. The molecule has 148 valence electrons. The van der Waals surface area contributed by atoms with Crippen LogP contribution in [0.25, 0.3) is 0 Å². The number of carbonyl (C=O) groups is 2. The number of hydrogen-bond acceptors (Lipinski definition) is 4. The predicted molar refractivity (Wildman–Crippen MR) is 112 cm³/mol. The summed E-state index contributed by atoms with van der Waals surface area (Å²) in [6.45, 7) is 8.37. The van der Waals surface area contributed by atoms with Gasteiger partial charge in [0.15, 0.2) is 0 Å². The lowest BCUT2D eigenvalue weighted by atomic mass is 9.87. The average molecular weight is 380 g/mol. The fourth-order valence-corrected chi connectivity index (χ4v) is 3.19. The summed E-state index contributed by atoms with van der Waals surface area (Å²) < 4.78 is 0. The van der Waals surface area contributed by atoms with Gasteiger partial charge in [0.05, 0.1) is 18.4 Å². The van der Waals surface area contributed by atoms with Crippen LogP contribution in [0.2, 0.25) is 0 Å². The largest absolute Gasteiger partial charge is 0.370 e. The first-order chi connectivity index (χ1) is 13.3. The number of nitrogens with zero attached hydrogens (tertiary/aromatic N) is 2. The first-order valence-electron chi connectivity index (χ1n) is 9.72. The number of pyridine rings is 1. The Bertz CT molecular complexity index is 817. The Balaban J connectivity index is 1.49. The third-order valence-electron chi connectivity index (χ3n) is 4.91. The summed E-state index contributed by atoms with van der Waals surface area (Å²) in [7, 11) is 0. The second-order valence-corrected chi connectivity index (χ2v) is 8.15. The van der Waals surface area contributed by atoms with Gasteiger partial charge in [-0.25, -0.2) is 4.98 Å². The maximum atomic E-state index is 12.2. The van der Waals surface area contributed by atoms with E-state index in [1.807, 2.05) is 18.2 Å². The normalized spacial score (nSPS) is 14.0. The zero-order valence-electron chi connectivity index (χ0n) is 16.8. The lowest BCUT2D eigenvalue weighted by Crippen LogP contribution is -2.33. The number of benzene rings is 1. The number of amides is 2. The molecule has 28 heavy (non-hydrogen) atoms. The number of anilines is 2. The second-order valence-electron chi connectivity index (χ2n) is 8.15. The van der Waals surface area contributed by atoms with Gasteiger partial charge in [0.2, 0.25) is 5.91 Å². The summed E-state index contributed by atoms with van der Waals surface area (Å²) in [5.74, 6) is -0.0919. The lowest BCUT2D eigenvalue weighted by Gasteiger charge is -2.19. The van der Waals surface area contributed by atoms with Gasteiger partial charge in [-0.1, -0.05) is 32.9 Å². The SMILES string of the molecule is CC(C)(C)c1ccc(C(=O)NCC(=O)Nc2ccc(N3CCCC3)cn2)cc1. The fourth-order valence-electron chi connectivity index (χ4n) is 3.19. The van der Waals surface area contributed by atoms with Gasteiger partial charge in [0.25, 0.3) is 5.91 Å². The van der Waals surface area contributed by atoms with Crippen LogP contribution in [0.5, 0.6) is 0 Å². The van der Waals surface area contributed by atoms with Crippen molar-refractivity contribution in [3.05, 3.63) is 53.7 Å². The molecule has 0 unspecified atom stereocenters. The quantitative estimate of drug-likeness (QED) is 0.834. The first kappa shape index (κ1) is 19.9. The van der Waals surface area contributed by atoms with Gasteiger partial charge in [-0.05, 0) is 48.1 Å². The zero-order valence-corrected chi connectivity index (χ0v) is 16.8. The number of nitrogens with one attached hydrogen (secondary N) is 2. The Hall–Kier alpha value is -2.89. The van der Waals surface area contributed by atoms with Crippen LogP contribution in [0.1, 0.15) is 49.5 Å². The summed E-state index contributed by atoms with van der Waals surface area (Å²) in [6, 6.07) is 11.2. The van der Waals surface area contributed by atoms with E-state index >= 15 is 0 Å². The number of carbonyl (C=O) groups excluding carboxylic acids is 2. The van der Waals surface area contributed by atoms with Gasteiger partial charge in [-0.15, -0.1) is 0 Å². The van der Waals surface area contributed by atoms with Gasteiger partial charge in [-0.3, -0.25) is 9.59 Å². The van der Waals surface area contributed by atoms with Crippen LogP contribution in [0, 0.1) is 0 Å². The summed E-state index contributed by atoms with van der Waals surface area (Å²) in [5, 5.41) is 5.36. The van der Waals surface area contributed by atoms with Gasteiger partial charge in [-0.2, -0.15) is 0 Å². The molecule has 1 fully saturated rings. The van der Waals surface area contributed by atoms with E-state index in [4.69, 9.17) is 0 Å². The third kappa shape index (κ3) is 5.09. The fraction of sp³-hybridized carbons (Fsp3) is 0.409. The highest BCUT2D eigenvalue weighted by molar-refractivity contribution is 5.99. The standard InChI is InChI=1S/C22H28N4O2/c1-22(2,3)17-8-6-16(7-9-17)21(28)24-15-20(27)25-19-11-10-18(14-23-19)26-12-4-5-13-26/h6-11,14H,4-5,12-13,15H2,1-3H3,(H,24,28)(H,23,25,27). The van der Waals surface area contributed by atoms with E-state index in [1.165, 1.54) is 12.8 Å². The Morgan fingerprint density at radius 2 is 1.71 bits per heavy atom. The number of aromatic nitrogens is 1. The summed E-state index contributed by atoms with van der Waals surface area (Å²) in [5.41, 5.74) is 2.80. The zero-order chi connectivity index (χ0) is 20.1. The number of hydrogen-bond donors (Lipinski definition) is 2. The van der Waals surface area contributed by atoms with E-state index in [2.05, 4.69) is 41.3 Å². The molecule has 1 aromatic carbocycles. The van der Waals surface area contributed by atoms with Crippen molar-refractivity contribution in [3.8, 4) is 0 Å². The molecule has 0 atom stereocenters. The van der Waals surface area contributed by atoms with E-state index < -0.39 is 0 Å². The van der Waals surface area contributed by atoms with E-state index in [9.17, 15) is 9.59 Å². The van der Waals surface area contributed by atoms with Gasteiger partial charge in [0, 0.05) is 18.7 Å². The van der Waals surface area contributed by atoms with Crippen molar-refractivity contribution < 1.29 is 9.59 Å². The highest BCUT2D eigenvalue weighted by Gasteiger charge is 2.15. The van der Waals surface area contributed by atoms with E-state index in [1.54, 1.807) is 24.4 Å². The van der Waals surface area contributed by atoms with Crippen LogP contribution in [-0.4, -0.2) is 36.4 Å². The summed E-state index contributed by atoms with van der Waals surface area (Å²) in [4.78, 5) is 30.9. The molecule has 0 bridgehead atoms. The Morgan fingerprint density at radius 1 is 1.04 bits per heavy atom. The van der Waals surface area contributed by atoms with Crippen LogP contribution in [0.3, 0.4) is 0 Å². The third-order valence-corrected chi connectivity index (χ3v) is 4.91. The Labute approximate surface area is 166 Å². The minimum atomic E-state index is -0.305. The van der Waals surface area contributed by atoms with Crippen molar-refractivity contribution in [2.75, 3.05) is 29.9 Å². The van der Waals surface area contributed by atoms with Gasteiger partial charge >= 0.3 is 0 Å². The first-order valence-corrected chi connectivity index (χ1v) is 9.72. The van der Waals surface area contributed by atoms with E-state index in [0.717, 1.165) is 24.3 Å². The minimum Gasteiger partial charge on any atom is -0.370 e. The molecule has 2 amide bonds. The maximum absolute atomic E-state index is 12.2. The molecule has 2 heterocycles. The highest BCUT2D eigenvalue weighted by atomic mass is 16.2. The van der Waals surface area contributed by atoms with Crippen molar-refractivity contribution in [2.45, 2.75) is 39.0 Å². The molecule has 0 radical (unpaired) electrons. The molecule has 0 saturated carbocycles.